The van der Waals surface area contributed by atoms with Gasteiger partial charge in [-0.2, -0.15) is 0 Å². The number of nitrogens with two attached hydrogens (primary N) is 1. The second-order valence-electron chi connectivity index (χ2n) is 6.92. The smallest absolute Gasteiger partial charge is 0.251 e. The number of aromatic nitrogens is 4. The third-order valence-corrected chi connectivity index (χ3v) is 4.90. The first-order valence-electron chi connectivity index (χ1n) is 9.15. The minimum absolute atomic E-state index is 0.205. The molecule has 2 amide bonds. The van der Waals surface area contributed by atoms with Crippen molar-refractivity contribution in [3.63, 3.8) is 0 Å². The number of amides is 2. The highest BCUT2D eigenvalue weighted by atomic mass is 32.2. The van der Waals surface area contributed by atoms with E-state index < -0.39 is 15.9 Å². The Balaban J connectivity index is 1.61. The van der Waals surface area contributed by atoms with E-state index in [0.717, 1.165) is 6.26 Å². The van der Waals surface area contributed by atoms with Gasteiger partial charge in [0.2, 0.25) is 15.9 Å². The maximum Gasteiger partial charge on any atom is 0.251 e. The van der Waals surface area contributed by atoms with Crippen LogP contribution in [-0.2, 0) is 10.0 Å². The van der Waals surface area contributed by atoms with Crippen molar-refractivity contribution < 1.29 is 18.0 Å². The summed E-state index contributed by atoms with van der Waals surface area (Å²) in [7, 11) is -3.38. The molecular weight excluding hydrogens is 422 g/mol. The zero-order valence-electron chi connectivity index (χ0n) is 16.8. The zero-order valence-corrected chi connectivity index (χ0v) is 17.6. The van der Waals surface area contributed by atoms with Crippen molar-refractivity contribution in [3.05, 3.63) is 60.0 Å². The number of rotatable bonds is 8. The van der Waals surface area contributed by atoms with Gasteiger partial charge < -0.3 is 11.1 Å². The molecule has 3 rings (SSSR count). The second kappa shape index (κ2) is 8.92. The van der Waals surface area contributed by atoms with Crippen molar-refractivity contribution in [2.24, 2.45) is 5.73 Å². The van der Waals surface area contributed by atoms with E-state index in [1.54, 1.807) is 23.1 Å². The van der Waals surface area contributed by atoms with E-state index >= 15 is 0 Å². The second-order valence-corrected chi connectivity index (χ2v) is 8.67. The number of sulfonamides is 1. The van der Waals surface area contributed by atoms with Crippen LogP contribution in [0.2, 0.25) is 0 Å². The molecule has 0 saturated carbocycles. The largest absolute Gasteiger partial charge is 0.366 e. The van der Waals surface area contributed by atoms with Crippen LogP contribution in [0.15, 0.2) is 48.9 Å². The summed E-state index contributed by atoms with van der Waals surface area (Å²) in [5.74, 6) is -0.894. The molecule has 31 heavy (non-hydrogen) atoms. The normalized spacial score (nSPS) is 12.2. The molecule has 0 aliphatic rings. The summed E-state index contributed by atoms with van der Waals surface area (Å²) in [5.41, 5.74) is 7.42. The molecule has 4 N–H and O–H groups in total. The molecule has 0 spiro atoms. The Labute approximate surface area is 178 Å². The Morgan fingerprint density at radius 1 is 1.16 bits per heavy atom. The average molecular weight is 443 g/mol. The molecule has 3 aromatic rings. The zero-order chi connectivity index (χ0) is 22.6. The highest BCUT2D eigenvalue weighted by Gasteiger charge is 2.13. The molecule has 1 aromatic carbocycles. The lowest BCUT2D eigenvalue weighted by Gasteiger charge is -2.13. The highest BCUT2D eigenvalue weighted by Crippen LogP contribution is 2.18. The number of hydrogen-bond acceptors (Lipinski definition) is 7. The van der Waals surface area contributed by atoms with Crippen LogP contribution < -0.4 is 15.8 Å². The summed E-state index contributed by atoms with van der Waals surface area (Å²) in [6, 6.07) is 7.45. The Hall–Kier alpha value is -3.80. The first kappa shape index (κ1) is 21.9. The highest BCUT2D eigenvalue weighted by molar-refractivity contribution is 7.92. The summed E-state index contributed by atoms with van der Waals surface area (Å²) in [6.07, 6.45) is 5.66. The van der Waals surface area contributed by atoms with E-state index in [-0.39, 0.29) is 24.1 Å². The summed E-state index contributed by atoms with van der Waals surface area (Å²) in [6.45, 7) is 2.14. The summed E-state index contributed by atoms with van der Waals surface area (Å²) < 4.78 is 26.4. The van der Waals surface area contributed by atoms with E-state index in [9.17, 15) is 18.0 Å². The van der Waals surface area contributed by atoms with Crippen LogP contribution in [0, 0.1) is 0 Å². The van der Waals surface area contributed by atoms with Gasteiger partial charge in [0.15, 0.2) is 0 Å². The number of benzene rings is 1. The summed E-state index contributed by atoms with van der Waals surface area (Å²) in [5, 5.41) is 11.0. The molecule has 0 saturated heterocycles. The predicted molar refractivity (Wildman–Crippen MR) is 114 cm³/mol. The Morgan fingerprint density at radius 2 is 1.87 bits per heavy atom. The molecule has 0 fully saturated rings. The quantitative estimate of drug-likeness (QED) is 0.464. The number of hydrogen-bond donors (Lipinski definition) is 3. The van der Waals surface area contributed by atoms with Gasteiger partial charge in [-0.05, 0) is 37.3 Å². The molecular formula is C19H21N7O4S. The topological polar surface area (TPSA) is 162 Å². The van der Waals surface area contributed by atoms with Crippen molar-refractivity contribution in [2.75, 3.05) is 17.5 Å². The maximum atomic E-state index is 12.4. The molecule has 0 aliphatic carbocycles. The minimum Gasteiger partial charge on any atom is -0.366 e. The predicted octanol–water partition coefficient (Wildman–Crippen LogP) is 0.801. The molecule has 162 valence electrons. The standard InChI is InChI=1S/C19H21N7O4S/c1-12(8-22-19(28)13-3-5-16(6-4-13)24-31(2,29)30)26-11-17(23-25-26)14-7-15(18(20)27)10-21-9-14/h3-7,9-12,24H,8H2,1-2H3,(H2,20,27)(H,22,28). The van der Waals surface area contributed by atoms with Gasteiger partial charge in [0.05, 0.1) is 24.1 Å². The number of anilines is 1. The molecule has 0 radical (unpaired) electrons. The molecule has 2 heterocycles. The fraction of sp³-hybridized carbons (Fsp3) is 0.211. The van der Waals surface area contributed by atoms with Crippen molar-refractivity contribution in [2.45, 2.75) is 13.0 Å². The van der Waals surface area contributed by atoms with Crippen LogP contribution in [0.5, 0.6) is 0 Å². The third-order valence-electron chi connectivity index (χ3n) is 4.29. The van der Waals surface area contributed by atoms with E-state index in [1.165, 1.54) is 30.5 Å². The van der Waals surface area contributed by atoms with Crippen molar-refractivity contribution in [3.8, 4) is 11.3 Å². The van der Waals surface area contributed by atoms with E-state index in [1.807, 2.05) is 6.92 Å². The SMILES string of the molecule is CC(CNC(=O)c1ccc(NS(C)(=O)=O)cc1)n1cc(-c2cncc(C(N)=O)c2)nn1. The fourth-order valence-corrected chi connectivity index (χ4v) is 3.24. The molecule has 12 heteroatoms. The van der Waals surface area contributed by atoms with Gasteiger partial charge in [-0.1, -0.05) is 5.21 Å². The van der Waals surface area contributed by atoms with Crippen LogP contribution in [-0.4, -0.2) is 53.0 Å². The van der Waals surface area contributed by atoms with E-state index in [2.05, 4.69) is 25.3 Å². The molecule has 0 aliphatic heterocycles. The summed E-state index contributed by atoms with van der Waals surface area (Å²) >= 11 is 0. The lowest BCUT2D eigenvalue weighted by molar-refractivity contribution is 0.0946. The Kier molecular flexibility index (Phi) is 6.30. The molecule has 1 atom stereocenters. The number of pyridine rings is 1. The first-order valence-corrected chi connectivity index (χ1v) is 11.0. The van der Waals surface area contributed by atoms with E-state index in [0.29, 0.717) is 22.5 Å². The van der Waals surface area contributed by atoms with Gasteiger partial charge in [0.25, 0.3) is 5.91 Å². The average Bonchev–Trinajstić information content (AvgIpc) is 3.21. The van der Waals surface area contributed by atoms with Crippen molar-refractivity contribution in [1.29, 1.82) is 0 Å². The maximum absolute atomic E-state index is 12.4. The molecule has 0 bridgehead atoms. The van der Waals surface area contributed by atoms with Gasteiger partial charge in [-0.3, -0.25) is 19.3 Å². The van der Waals surface area contributed by atoms with Gasteiger partial charge >= 0.3 is 0 Å². The number of nitrogens with zero attached hydrogens (tertiary/aromatic N) is 4. The molecule has 2 aromatic heterocycles. The van der Waals surface area contributed by atoms with Crippen LogP contribution in [0.4, 0.5) is 5.69 Å². The van der Waals surface area contributed by atoms with Gasteiger partial charge in [0.1, 0.15) is 5.69 Å². The van der Waals surface area contributed by atoms with Gasteiger partial charge in [0, 0.05) is 35.8 Å². The monoisotopic (exact) mass is 443 g/mol. The number of primary amides is 1. The third kappa shape index (κ3) is 5.85. The lowest BCUT2D eigenvalue weighted by Crippen LogP contribution is -2.29. The number of carbonyl (C=O) groups is 2. The lowest BCUT2D eigenvalue weighted by atomic mass is 10.1. The van der Waals surface area contributed by atoms with Crippen molar-refractivity contribution in [1.82, 2.24) is 25.3 Å². The van der Waals surface area contributed by atoms with Crippen LogP contribution in [0.25, 0.3) is 11.3 Å². The molecule has 11 nitrogen and oxygen atoms in total. The van der Waals surface area contributed by atoms with Gasteiger partial charge in [-0.15, -0.1) is 5.10 Å². The van der Waals surface area contributed by atoms with Crippen molar-refractivity contribution >= 4 is 27.5 Å². The van der Waals surface area contributed by atoms with Crippen LogP contribution in [0.1, 0.15) is 33.7 Å². The number of carbonyl (C=O) groups excluding carboxylic acids is 2. The Morgan fingerprint density at radius 3 is 2.52 bits per heavy atom. The number of nitrogens with one attached hydrogen (secondary N) is 2. The molecule has 1 unspecified atom stereocenters. The van der Waals surface area contributed by atoms with E-state index in [4.69, 9.17) is 5.73 Å². The first-order chi connectivity index (χ1) is 14.6. The fourth-order valence-electron chi connectivity index (χ4n) is 2.68. The summed E-state index contributed by atoms with van der Waals surface area (Å²) in [4.78, 5) is 27.7. The Bertz CT molecular complexity index is 1210. The minimum atomic E-state index is -3.38. The van der Waals surface area contributed by atoms with Crippen LogP contribution >= 0.6 is 0 Å². The van der Waals surface area contributed by atoms with Gasteiger partial charge in [-0.25, -0.2) is 13.1 Å². The van der Waals surface area contributed by atoms with Crippen LogP contribution in [0.3, 0.4) is 0 Å².